The Morgan fingerprint density at radius 1 is 1.62 bits per heavy atom. The zero-order valence-corrected chi connectivity index (χ0v) is 9.55. The molecular formula is C11H17N3O2. The number of nitrogens with zero attached hydrogens (tertiary/aromatic N) is 2. The van der Waals surface area contributed by atoms with Crippen molar-refractivity contribution < 1.29 is 9.90 Å². The molecule has 0 saturated carbocycles. The van der Waals surface area contributed by atoms with Crippen LogP contribution in [0.4, 0.5) is 5.69 Å². The van der Waals surface area contributed by atoms with Gasteiger partial charge in [0.15, 0.2) is 0 Å². The number of carbonyl (C=O) groups excluding carboxylic acids is 1. The number of hydrogen-bond donors (Lipinski definition) is 2. The number of likely N-dealkylation sites (N-methyl/N-ethyl adjacent to an activating group) is 1. The Balaban J connectivity index is 2.74. The van der Waals surface area contributed by atoms with Crippen molar-refractivity contribution in [3.05, 3.63) is 24.0 Å². The fourth-order valence-corrected chi connectivity index (χ4v) is 1.35. The van der Waals surface area contributed by atoms with E-state index in [9.17, 15) is 9.90 Å². The summed E-state index contributed by atoms with van der Waals surface area (Å²) >= 11 is 0. The van der Waals surface area contributed by atoms with E-state index >= 15 is 0 Å². The number of aliphatic hydroxyl groups excluding tert-OH is 1. The predicted molar refractivity (Wildman–Crippen MR) is 62.0 cm³/mol. The number of hydrogen-bond acceptors (Lipinski definition) is 4. The maximum atomic E-state index is 10.7. The van der Waals surface area contributed by atoms with Crippen LogP contribution in [-0.2, 0) is 4.79 Å². The SMILES string of the molecule is CC[C@@H](O)c1ccc(N(C)CC(N)=O)cn1. The van der Waals surface area contributed by atoms with Crippen molar-refractivity contribution in [3.8, 4) is 0 Å². The highest BCUT2D eigenvalue weighted by Crippen LogP contribution is 2.17. The zero-order chi connectivity index (χ0) is 12.1. The van der Waals surface area contributed by atoms with E-state index in [1.54, 1.807) is 24.2 Å². The normalized spacial score (nSPS) is 12.2. The van der Waals surface area contributed by atoms with Crippen molar-refractivity contribution in [1.82, 2.24) is 4.98 Å². The van der Waals surface area contributed by atoms with Crippen LogP contribution in [0.25, 0.3) is 0 Å². The van der Waals surface area contributed by atoms with Crippen LogP contribution in [0.5, 0.6) is 0 Å². The molecule has 0 bridgehead atoms. The van der Waals surface area contributed by atoms with Gasteiger partial charge in [-0.05, 0) is 18.6 Å². The van der Waals surface area contributed by atoms with Crippen molar-refractivity contribution in [2.75, 3.05) is 18.5 Å². The maximum Gasteiger partial charge on any atom is 0.236 e. The van der Waals surface area contributed by atoms with Gasteiger partial charge in [-0.3, -0.25) is 9.78 Å². The Hall–Kier alpha value is -1.62. The molecule has 1 aromatic heterocycles. The van der Waals surface area contributed by atoms with Crippen molar-refractivity contribution in [2.45, 2.75) is 19.4 Å². The molecule has 88 valence electrons. The molecule has 0 aliphatic heterocycles. The molecule has 1 rings (SSSR count). The summed E-state index contributed by atoms with van der Waals surface area (Å²) in [7, 11) is 1.76. The van der Waals surface area contributed by atoms with Crippen LogP contribution in [0.1, 0.15) is 25.1 Å². The topological polar surface area (TPSA) is 79.5 Å². The Morgan fingerprint density at radius 2 is 2.31 bits per heavy atom. The van der Waals surface area contributed by atoms with Crippen LogP contribution >= 0.6 is 0 Å². The summed E-state index contributed by atoms with van der Waals surface area (Å²) in [4.78, 5) is 16.6. The van der Waals surface area contributed by atoms with E-state index in [4.69, 9.17) is 5.73 Å². The molecule has 1 heterocycles. The standard InChI is InChI=1S/C11H17N3O2/c1-3-10(15)9-5-4-8(6-13-9)14(2)7-11(12)16/h4-6,10,15H,3,7H2,1-2H3,(H2,12,16)/t10-/m1/s1. The van der Waals surface area contributed by atoms with Crippen molar-refractivity contribution >= 4 is 11.6 Å². The molecule has 16 heavy (non-hydrogen) atoms. The molecule has 0 unspecified atom stereocenters. The summed E-state index contributed by atoms with van der Waals surface area (Å²) < 4.78 is 0. The number of rotatable bonds is 5. The number of carbonyl (C=O) groups is 1. The van der Waals surface area contributed by atoms with Gasteiger partial charge in [-0.1, -0.05) is 6.92 Å². The molecule has 0 fully saturated rings. The van der Waals surface area contributed by atoms with Crippen LogP contribution < -0.4 is 10.6 Å². The van der Waals surface area contributed by atoms with E-state index < -0.39 is 6.10 Å². The average Bonchev–Trinajstić information content (AvgIpc) is 2.27. The summed E-state index contributed by atoms with van der Waals surface area (Å²) in [5.41, 5.74) is 6.52. The minimum Gasteiger partial charge on any atom is -0.387 e. The Kier molecular flexibility index (Phi) is 4.25. The van der Waals surface area contributed by atoms with E-state index in [1.807, 2.05) is 13.0 Å². The lowest BCUT2D eigenvalue weighted by Gasteiger charge is -2.17. The third-order valence-electron chi connectivity index (χ3n) is 2.33. The molecule has 3 N–H and O–H groups in total. The van der Waals surface area contributed by atoms with Gasteiger partial charge >= 0.3 is 0 Å². The molecule has 0 aromatic carbocycles. The number of pyridine rings is 1. The Bertz CT molecular complexity index is 351. The monoisotopic (exact) mass is 223 g/mol. The number of aliphatic hydroxyl groups is 1. The summed E-state index contributed by atoms with van der Waals surface area (Å²) in [6, 6.07) is 3.56. The predicted octanol–water partition coefficient (Wildman–Crippen LogP) is 0.446. The number of nitrogens with two attached hydrogens (primary N) is 1. The van der Waals surface area contributed by atoms with E-state index in [0.717, 1.165) is 5.69 Å². The summed E-state index contributed by atoms with van der Waals surface area (Å²) in [5, 5.41) is 9.55. The Labute approximate surface area is 94.9 Å². The van der Waals surface area contributed by atoms with Gasteiger partial charge in [0.05, 0.1) is 30.2 Å². The van der Waals surface area contributed by atoms with Gasteiger partial charge in [-0.15, -0.1) is 0 Å². The molecule has 0 aliphatic carbocycles. The van der Waals surface area contributed by atoms with E-state index in [1.165, 1.54) is 0 Å². The van der Waals surface area contributed by atoms with Crippen LogP contribution in [0.3, 0.4) is 0 Å². The third kappa shape index (κ3) is 3.20. The van der Waals surface area contributed by atoms with Gasteiger partial charge in [0.2, 0.25) is 5.91 Å². The largest absolute Gasteiger partial charge is 0.387 e. The minimum atomic E-state index is -0.532. The molecule has 0 saturated heterocycles. The summed E-state index contributed by atoms with van der Waals surface area (Å²) in [5.74, 6) is -0.389. The van der Waals surface area contributed by atoms with Gasteiger partial charge in [-0.25, -0.2) is 0 Å². The van der Waals surface area contributed by atoms with Crippen molar-refractivity contribution in [1.29, 1.82) is 0 Å². The van der Waals surface area contributed by atoms with Gasteiger partial charge in [-0.2, -0.15) is 0 Å². The molecule has 5 heteroatoms. The lowest BCUT2D eigenvalue weighted by Crippen LogP contribution is -2.30. The summed E-state index contributed by atoms with van der Waals surface area (Å²) in [6.07, 6.45) is 1.72. The van der Waals surface area contributed by atoms with Crippen LogP contribution in [-0.4, -0.2) is 29.6 Å². The van der Waals surface area contributed by atoms with Crippen LogP contribution in [0.2, 0.25) is 0 Å². The molecule has 1 aromatic rings. The first-order chi connectivity index (χ1) is 7.54. The van der Waals surface area contributed by atoms with Gasteiger partial charge in [0.25, 0.3) is 0 Å². The molecule has 0 radical (unpaired) electrons. The number of aromatic nitrogens is 1. The fourth-order valence-electron chi connectivity index (χ4n) is 1.35. The first kappa shape index (κ1) is 12.4. The number of primary amides is 1. The number of amides is 1. The third-order valence-corrected chi connectivity index (χ3v) is 2.33. The maximum absolute atomic E-state index is 10.7. The lowest BCUT2D eigenvalue weighted by molar-refractivity contribution is -0.116. The molecule has 0 aliphatic rings. The van der Waals surface area contributed by atoms with E-state index in [0.29, 0.717) is 12.1 Å². The van der Waals surface area contributed by atoms with E-state index in [2.05, 4.69) is 4.98 Å². The highest BCUT2D eigenvalue weighted by atomic mass is 16.3. The zero-order valence-electron chi connectivity index (χ0n) is 9.55. The van der Waals surface area contributed by atoms with Gasteiger partial charge in [0, 0.05) is 7.05 Å². The fraction of sp³-hybridized carbons (Fsp3) is 0.455. The number of anilines is 1. The van der Waals surface area contributed by atoms with Crippen molar-refractivity contribution in [3.63, 3.8) is 0 Å². The molecule has 1 amide bonds. The molecule has 1 atom stereocenters. The lowest BCUT2D eigenvalue weighted by atomic mass is 10.2. The second-order valence-corrected chi connectivity index (χ2v) is 3.69. The molecule has 5 nitrogen and oxygen atoms in total. The van der Waals surface area contributed by atoms with Crippen LogP contribution in [0, 0.1) is 0 Å². The minimum absolute atomic E-state index is 0.150. The highest BCUT2D eigenvalue weighted by Gasteiger charge is 2.08. The average molecular weight is 223 g/mol. The van der Waals surface area contributed by atoms with Gasteiger partial charge in [0.1, 0.15) is 0 Å². The second kappa shape index (κ2) is 5.46. The van der Waals surface area contributed by atoms with Crippen molar-refractivity contribution in [2.24, 2.45) is 5.73 Å². The summed E-state index contributed by atoms with van der Waals surface area (Å²) in [6.45, 7) is 2.04. The second-order valence-electron chi connectivity index (χ2n) is 3.69. The first-order valence-electron chi connectivity index (χ1n) is 5.18. The van der Waals surface area contributed by atoms with Gasteiger partial charge < -0.3 is 15.7 Å². The first-order valence-corrected chi connectivity index (χ1v) is 5.18. The Morgan fingerprint density at radius 3 is 2.75 bits per heavy atom. The smallest absolute Gasteiger partial charge is 0.236 e. The van der Waals surface area contributed by atoms with E-state index in [-0.39, 0.29) is 12.5 Å². The molecule has 0 spiro atoms. The molecular weight excluding hydrogens is 206 g/mol. The highest BCUT2D eigenvalue weighted by molar-refractivity contribution is 5.79. The van der Waals surface area contributed by atoms with Crippen LogP contribution in [0.15, 0.2) is 18.3 Å². The quantitative estimate of drug-likeness (QED) is 0.759.